The summed E-state index contributed by atoms with van der Waals surface area (Å²) in [5, 5.41) is 0.774. The topological polar surface area (TPSA) is 26.0 Å². The lowest BCUT2D eigenvalue weighted by Gasteiger charge is -2.09. The minimum Gasteiger partial charge on any atom is -0.327 e. The minimum absolute atomic E-state index is 0.351. The van der Waals surface area contributed by atoms with Crippen LogP contribution in [0, 0.1) is 0 Å². The Balaban J connectivity index is 3.06. The van der Waals surface area contributed by atoms with Gasteiger partial charge in [0.25, 0.3) is 0 Å². The molecule has 0 aliphatic rings. The number of hydrogen-bond acceptors (Lipinski definition) is 2. The Labute approximate surface area is 62.4 Å². The van der Waals surface area contributed by atoms with Gasteiger partial charge in [-0.1, -0.05) is 13.8 Å². The lowest BCUT2D eigenvalue weighted by Crippen LogP contribution is -2.18. The molecule has 0 spiro atoms. The van der Waals surface area contributed by atoms with Crippen LogP contribution in [0.3, 0.4) is 0 Å². The highest BCUT2D eigenvalue weighted by Crippen LogP contribution is 2.13. The Morgan fingerprint density at radius 2 is 2.00 bits per heavy atom. The summed E-state index contributed by atoms with van der Waals surface area (Å²) < 4.78 is 0. The molecule has 0 saturated heterocycles. The van der Waals surface area contributed by atoms with Crippen molar-refractivity contribution in [3.05, 3.63) is 0 Å². The van der Waals surface area contributed by atoms with E-state index in [-0.39, 0.29) is 0 Å². The highest BCUT2D eigenvalue weighted by Gasteiger charge is 1.99. The molecule has 0 bridgehead atoms. The van der Waals surface area contributed by atoms with Crippen LogP contribution in [0.4, 0.5) is 0 Å². The normalized spacial score (nSPS) is 17.3. The van der Waals surface area contributed by atoms with Crippen LogP contribution in [-0.2, 0) is 0 Å². The third-order valence-corrected chi connectivity index (χ3v) is 2.84. The average Bonchev–Trinajstić information content (AvgIpc) is 1.83. The lowest BCUT2D eigenvalue weighted by atomic mass is 10.4. The zero-order chi connectivity index (χ0) is 7.28. The molecule has 56 valence electrons. The zero-order valence-electron chi connectivity index (χ0n) is 6.55. The molecule has 0 amide bonds. The second kappa shape index (κ2) is 5.12. The number of nitrogens with two attached hydrogens (primary N) is 1. The minimum atomic E-state index is 0.351. The SMILES string of the molecule is CCC(C)SCC(C)N. The van der Waals surface area contributed by atoms with Gasteiger partial charge in [-0.2, -0.15) is 11.8 Å². The van der Waals surface area contributed by atoms with Gasteiger partial charge in [-0.15, -0.1) is 0 Å². The van der Waals surface area contributed by atoms with Crippen LogP contribution < -0.4 is 5.73 Å². The summed E-state index contributed by atoms with van der Waals surface area (Å²) >= 11 is 1.96. The maximum atomic E-state index is 5.57. The molecule has 0 radical (unpaired) electrons. The average molecular weight is 147 g/mol. The van der Waals surface area contributed by atoms with Gasteiger partial charge >= 0.3 is 0 Å². The van der Waals surface area contributed by atoms with Crippen LogP contribution in [0.15, 0.2) is 0 Å². The molecule has 0 aromatic rings. The van der Waals surface area contributed by atoms with E-state index in [1.807, 2.05) is 11.8 Å². The van der Waals surface area contributed by atoms with E-state index in [0.717, 1.165) is 11.0 Å². The Morgan fingerprint density at radius 1 is 1.44 bits per heavy atom. The molecule has 9 heavy (non-hydrogen) atoms. The maximum Gasteiger partial charge on any atom is 0.0102 e. The fraction of sp³-hybridized carbons (Fsp3) is 1.00. The molecule has 2 atom stereocenters. The van der Waals surface area contributed by atoms with E-state index < -0.39 is 0 Å². The number of rotatable bonds is 4. The van der Waals surface area contributed by atoms with E-state index in [2.05, 4.69) is 20.8 Å². The van der Waals surface area contributed by atoms with E-state index in [0.29, 0.717) is 6.04 Å². The van der Waals surface area contributed by atoms with Crippen LogP contribution >= 0.6 is 11.8 Å². The molecule has 0 aromatic carbocycles. The first-order chi connectivity index (χ1) is 4.16. The highest BCUT2D eigenvalue weighted by atomic mass is 32.2. The molecule has 2 unspecified atom stereocenters. The van der Waals surface area contributed by atoms with Crippen LogP contribution in [0.25, 0.3) is 0 Å². The first kappa shape index (κ1) is 9.31. The summed E-state index contributed by atoms with van der Waals surface area (Å²) in [6.45, 7) is 6.50. The van der Waals surface area contributed by atoms with E-state index in [4.69, 9.17) is 5.73 Å². The predicted molar refractivity (Wildman–Crippen MR) is 45.9 cm³/mol. The Hall–Kier alpha value is 0.310. The standard InChI is InChI=1S/C7H17NS/c1-4-7(3)9-5-6(2)8/h6-7H,4-5,8H2,1-3H3. The molecule has 0 rings (SSSR count). The predicted octanol–water partition coefficient (Wildman–Crippen LogP) is 1.87. The van der Waals surface area contributed by atoms with Crippen LogP contribution in [0.2, 0.25) is 0 Å². The Morgan fingerprint density at radius 3 is 2.33 bits per heavy atom. The van der Waals surface area contributed by atoms with Crippen LogP contribution in [0.1, 0.15) is 27.2 Å². The molecule has 0 heterocycles. The van der Waals surface area contributed by atoms with E-state index in [1.165, 1.54) is 6.42 Å². The monoisotopic (exact) mass is 147 g/mol. The van der Waals surface area contributed by atoms with Gasteiger partial charge in [0.15, 0.2) is 0 Å². The fourth-order valence-electron chi connectivity index (χ4n) is 0.434. The number of thioether (sulfide) groups is 1. The Kier molecular flexibility index (Phi) is 5.30. The third-order valence-electron chi connectivity index (χ3n) is 1.22. The van der Waals surface area contributed by atoms with Crippen molar-refractivity contribution in [1.82, 2.24) is 0 Å². The van der Waals surface area contributed by atoms with Crippen molar-refractivity contribution in [3.63, 3.8) is 0 Å². The smallest absolute Gasteiger partial charge is 0.0102 e. The summed E-state index contributed by atoms with van der Waals surface area (Å²) in [5.41, 5.74) is 5.57. The summed E-state index contributed by atoms with van der Waals surface area (Å²) in [4.78, 5) is 0. The first-order valence-corrected chi connectivity index (χ1v) is 4.58. The summed E-state index contributed by atoms with van der Waals surface area (Å²) in [6, 6.07) is 0.351. The van der Waals surface area contributed by atoms with Crippen LogP contribution in [-0.4, -0.2) is 17.0 Å². The third kappa shape index (κ3) is 6.19. The van der Waals surface area contributed by atoms with E-state index in [9.17, 15) is 0 Å². The van der Waals surface area contributed by atoms with E-state index >= 15 is 0 Å². The second-order valence-corrected chi connectivity index (χ2v) is 4.00. The molecule has 0 aromatic heterocycles. The molecule has 0 aliphatic carbocycles. The van der Waals surface area contributed by atoms with Gasteiger partial charge in [-0.3, -0.25) is 0 Å². The molecule has 2 N–H and O–H groups in total. The number of hydrogen-bond donors (Lipinski definition) is 1. The van der Waals surface area contributed by atoms with Crippen molar-refractivity contribution >= 4 is 11.8 Å². The summed E-state index contributed by atoms with van der Waals surface area (Å²) in [7, 11) is 0. The quantitative estimate of drug-likeness (QED) is 0.657. The van der Waals surface area contributed by atoms with Gasteiger partial charge < -0.3 is 5.73 Å². The molecular formula is C7H17NS. The van der Waals surface area contributed by atoms with Gasteiger partial charge in [0.2, 0.25) is 0 Å². The van der Waals surface area contributed by atoms with E-state index in [1.54, 1.807) is 0 Å². The van der Waals surface area contributed by atoms with Gasteiger partial charge in [0.1, 0.15) is 0 Å². The van der Waals surface area contributed by atoms with Crippen molar-refractivity contribution in [3.8, 4) is 0 Å². The molecule has 0 aliphatic heterocycles. The van der Waals surface area contributed by atoms with Gasteiger partial charge in [0.05, 0.1) is 0 Å². The van der Waals surface area contributed by atoms with Gasteiger partial charge in [-0.25, -0.2) is 0 Å². The van der Waals surface area contributed by atoms with Gasteiger partial charge in [-0.05, 0) is 13.3 Å². The van der Waals surface area contributed by atoms with Crippen molar-refractivity contribution in [2.45, 2.75) is 38.5 Å². The molecule has 1 nitrogen and oxygen atoms in total. The lowest BCUT2D eigenvalue weighted by molar-refractivity contribution is 0.834. The highest BCUT2D eigenvalue weighted by molar-refractivity contribution is 7.99. The molecule has 0 fully saturated rings. The van der Waals surface area contributed by atoms with Gasteiger partial charge in [0, 0.05) is 17.0 Å². The van der Waals surface area contributed by atoms with Crippen molar-refractivity contribution in [1.29, 1.82) is 0 Å². The maximum absolute atomic E-state index is 5.57. The molecule has 2 heteroatoms. The first-order valence-electron chi connectivity index (χ1n) is 3.54. The largest absolute Gasteiger partial charge is 0.327 e. The molecular weight excluding hydrogens is 130 g/mol. The molecule has 0 saturated carbocycles. The van der Waals surface area contributed by atoms with Crippen molar-refractivity contribution in [2.24, 2.45) is 5.73 Å². The second-order valence-electron chi connectivity index (χ2n) is 2.53. The fourth-order valence-corrected chi connectivity index (χ4v) is 1.30. The van der Waals surface area contributed by atoms with Crippen molar-refractivity contribution in [2.75, 3.05) is 5.75 Å². The Bertz CT molecular complexity index is 63.9. The summed E-state index contributed by atoms with van der Waals surface area (Å²) in [5.74, 6) is 1.09. The van der Waals surface area contributed by atoms with Crippen molar-refractivity contribution < 1.29 is 0 Å². The summed E-state index contributed by atoms with van der Waals surface area (Å²) in [6.07, 6.45) is 1.25. The van der Waals surface area contributed by atoms with Crippen LogP contribution in [0.5, 0.6) is 0 Å². The zero-order valence-corrected chi connectivity index (χ0v) is 7.37.